The number of rotatable bonds is 8. The summed E-state index contributed by atoms with van der Waals surface area (Å²) in [5.41, 5.74) is 9.23. The van der Waals surface area contributed by atoms with Crippen molar-refractivity contribution in [1.29, 1.82) is 0 Å². The summed E-state index contributed by atoms with van der Waals surface area (Å²) in [5.74, 6) is -0.247. The van der Waals surface area contributed by atoms with Crippen molar-refractivity contribution in [3.63, 3.8) is 0 Å². The lowest BCUT2D eigenvalue weighted by Gasteiger charge is -2.19. The van der Waals surface area contributed by atoms with Crippen LogP contribution in [-0.2, 0) is 22.4 Å². The van der Waals surface area contributed by atoms with Crippen molar-refractivity contribution < 1.29 is 9.59 Å². The quantitative estimate of drug-likeness (QED) is 0.679. The van der Waals surface area contributed by atoms with Crippen LogP contribution in [0.2, 0.25) is 0 Å². The molecule has 2 amide bonds. The summed E-state index contributed by atoms with van der Waals surface area (Å²) < 4.78 is 0. The lowest BCUT2D eigenvalue weighted by molar-refractivity contribution is -0.123. The SMILES string of the molecule is CCC(N)C(=O)NC(C=CC(=O)N1CCc2ccccc21)CCc1ccccc1. The molecule has 0 spiro atoms. The first-order valence-electron chi connectivity index (χ1n) is 10.3. The second-order valence-electron chi connectivity index (χ2n) is 7.38. The zero-order valence-electron chi connectivity index (χ0n) is 16.9. The molecule has 3 rings (SSSR count). The number of fused-ring (bicyclic) bond motifs is 1. The van der Waals surface area contributed by atoms with Crippen LogP contribution >= 0.6 is 0 Å². The van der Waals surface area contributed by atoms with Gasteiger partial charge in [-0.3, -0.25) is 9.59 Å². The highest BCUT2D eigenvalue weighted by molar-refractivity contribution is 6.03. The zero-order valence-corrected chi connectivity index (χ0v) is 16.9. The van der Waals surface area contributed by atoms with Crippen LogP contribution in [0, 0.1) is 0 Å². The molecule has 1 aliphatic rings. The van der Waals surface area contributed by atoms with Gasteiger partial charge in [-0.25, -0.2) is 0 Å². The molecule has 2 atom stereocenters. The van der Waals surface area contributed by atoms with Crippen LogP contribution < -0.4 is 16.0 Å². The maximum atomic E-state index is 12.8. The van der Waals surface area contributed by atoms with Gasteiger partial charge in [-0.2, -0.15) is 0 Å². The molecule has 0 aliphatic carbocycles. The molecule has 1 heterocycles. The standard InChI is InChI=1S/C24H29N3O2/c1-2-21(25)24(29)26-20(13-12-18-8-4-3-5-9-18)14-15-23(28)27-17-16-19-10-6-7-11-22(19)27/h3-11,14-15,20-21H,2,12-13,16-17,25H2,1H3,(H,26,29). The van der Waals surface area contributed by atoms with Gasteiger partial charge in [0.2, 0.25) is 5.91 Å². The molecule has 2 aromatic carbocycles. The fraction of sp³-hybridized carbons (Fsp3) is 0.333. The number of anilines is 1. The van der Waals surface area contributed by atoms with Crippen molar-refractivity contribution in [3.8, 4) is 0 Å². The van der Waals surface area contributed by atoms with Gasteiger partial charge in [0.25, 0.3) is 5.91 Å². The molecule has 0 saturated carbocycles. The normalized spacial score (nSPS) is 15.2. The molecular formula is C24H29N3O2. The minimum absolute atomic E-state index is 0.0614. The van der Waals surface area contributed by atoms with Gasteiger partial charge < -0.3 is 16.0 Å². The Hall–Kier alpha value is -2.92. The highest BCUT2D eigenvalue weighted by atomic mass is 16.2. The van der Waals surface area contributed by atoms with Crippen molar-refractivity contribution >= 4 is 17.5 Å². The van der Waals surface area contributed by atoms with Gasteiger partial charge in [0, 0.05) is 24.4 Å². The second-order valence-corrected chi connectivity index (χ2v) is 7.38. The summed E-state index contributed by atoms with van der Waals surface area (Å²) in [4.78, 5) is 26.9. The summed E-state index contributed by atoms with van der Waals surface area (Å²) in [7, 11) is 0. The molecule has 0 fully saturated rings. The average Bonchev–Trinajstić information content (AvgIpc) is 3.19. The summed E-state index contributed by atoms with van der Waals surface area (Å²) in [6.07, 6.45) is 6.33. The monoisotopic (exact) mass is 391 g/mol. The third kappa shape index (κ3) is 5.55. The Balaban J connectivity index is 1.67. The second kappa shape index (κ2) is 10.0. The fourth-order valence-corrected chi connectivity index (χ4v) is 3.51. The minimum Gasteiger partial charge on any atom is -0.349 e. The van der Waals surface area contributed by atoms with Crippen LogP contribution in [0.4, 0.5) is 5.69 Å². The number of carbonyl (C=O) groups is 2. The molecule has 0 aromatic heterocycles. The van der Waals surface area contributed by atoms with Gasteiger partial charge in [0.15, 0.2) is 0 Å². The highest BCUT2D eigenvalue weighted by Crippen LogP contribution is 2.27. The Labute approximate surface area is 172 Å². The number of amides is 2. The van der Waals surface area contributed by atoms with E-state index in [1.54, 1.807) is 17.1 Å². The molecule has 152 valence electrons. The molecule has 5 nitrogen and oxygen atoms in total. The third-order valence-corrected chi connectivity index (χ3v) is 5.32. The van der Waals surface area contributed by atoms with Crippen molar-refractivity contribution in [2.75, 3.05) is 11.4 Å². The van der Waals surface area contributed by atoms with E-state index in [0.29, 0.717) is 19.4 Å². The Morgan fingerprint density at radius 2 is 1.86 bits per heavy atom. The fourth-order valence-electron chi connectivity index (χ4n) is 3.51. The van der Waals surface area contributed by atoms with Crippen molar-refractivity contribution in [2.24, 2.45) is 5.73 Å². The number of carbonyl (C=O) groups excluding carboxylic acids is 2. The van der Waals surface area contributed by atoms with Crippen LogP contribution in [0.15, 0.2) is 66.7 Å². The van der Waals surface area contributed by atoms with E-state index >= 15 is 0 Å². The first kappa shape index (κ1) is 20.8. The molecule has 0 saturated heterocycles. The topological polar surface area (TPSA) is 75.4 Å². The zero-order chi connectivity index (χ0) is 20.6. The van der Waals surface area contributed by atoms with Crippen LogP contribution in [-0.4, -0.2) is 30.4 Å². The Morgan fingerprint density at radius 3 is 2.62 bits per heavy atom. The van der Waals surface area contributed by atoms with E-state index in [1.807, 2.05) is 43.3 Å². The number of hydrogen-bond donors (Lipinski definition) is 2. The molecule has 5 heteroatoms. The molecule has 0 radical (unpaired) electrons. The number of benzene rings is 2. The average molecular weight is 392 g/mol. The first-order chi connectivity index (χ1) is 14.1. The Bertz CT molecular complexity index is 863. The number of para-hydroxylation sites is 1. The molecule has 2 unspecified atom stereocenters. The van der Waals surface area contributed by atoms with Gasteiger partial charge in [0.1, 0.15) is 0 Å². The van der Waals surface area contributed by atoms with Crippen LogP contribution in [0.5, 0.6) is 0 Å². The lowest BCUT2D eigenvalue weighted by Crippen LogP contribution is -2.44. The summed E-state index contributed by atoms with van der Waals surface area (Å²) in [5, 5.41) is 2.98. The van der Waals surface area contributed by atoms with E-state index in [2.05, 4.69) is 23.5 Å². The first-order valence-corrected chi connectivity index (χ1v) is 10.3. The number of hydrogen-bond acceptors (Lipinski definition) is 3. The third-order valence-electron chi connectivity index (χ3n) is 5.32. The van der Waals surface area contributed by atoms with E-state index in [4.69, 9.17) is 5.73 Å². The smallest absolute Gasteiger partial charge is 0.250 e. The molecule has 1 aliphatic heterocycles. The Morgan fingerprint density at radius 1 is 1.14 bits per heavy atom. The van der Waals surface area contributed by atoms with Crippen LogP contribution in [0.25, 0.3) is 0 Å². The highest BCUT2D eigenvalue weighted by Gasteiger charge is 2.23. The van der Waals surface area contributed by atoms with Crippen molar-refractivity contribution in [1.82, 2.24) is 5.32 Å². The van der Waals surface area contributed by atoms with Gasteiger partial charge in [-0.05, 0) is 42.9 Å². The Kier molecular flexibility index (Phi) is 7.19. The summed E-state index contributed by atoms with van der Waals surface area (Å²) in [6.45, 7) is 2.57. The van der Waals surface area contributed by atoms with E-state index in [0.717, 1.165) is 18.5 Å². The van der Waals surface area contributed by atoms with E-state index < -0.39 is 6.04 Å². The molecule has 3 N–H and O–H groups in total. The maximum Gasteiger partial charge on any atom is 0.250 e. The lowest BCUT2D eigenvalue weighted by atomic mass is 10.0. The predicted octanol–water partition coefficient (Wildman–Crippen LogP) is 2.99. The van der Waals surface area contributed by atoms with E-state index in [-0.39, 0.29) is 17.9 Å². The van der Waals surface area contributed by atoms with E-state index in [9.17, 15) is 9.59 Å². The number of nitrogens with two attached hydrogens (primary N) is 1. The molecule has 0 bridgehead atoms. The van der Waals surface area contributed by atoms with Gasteiger partial charge in [-0.15, -0.1) is 0 Å². The molecular weight excluding hydrogens is 362 g/mol. The van der Waals surface area contributed by atoms with Crippen LogP contribution in [0.1, 0.15) is 30.9 Å². The van der Waals surface area contributed by atoms with Gasteiger partial charge in [0.05, 0.1) is 6.04 Å². The van der Waals surface area contributed by atoms with Gasteiger partial charge >= 0.3 is 0 Å². The summed E-state index contributed by atoms with van der Waals surface area (Å²) in [6, 6.07) is 17.3. The van der Waals surface area contributed by atoms with Gasteiger partial charge in [-0.1, -0.05) is 61.5 Å². The predicted molar refractivity (Wildman–Crippen MR) is 117 cm³/mol. The molecule has 2 aromatic rings. The minimum atomic E-state index is -0.538. The number of nitrogens with zero attached hydrogens (tertiary/aromatic N) is 1. The maximum absolute atomic E-state index is 12.8. The van der Waals surface area contributed by atoms with E-state index in [1.165, 1.54) is 11.1 Å². The van der Waals surface area contributed by atoms with Crippen molar-refractivity contribution in [2.45, 2.75) is 44.7 Å². The molecule has 29 heavy (non-hydrogen) atoms. The van der Waals surface area contributed by atoms with Crippen LogP contribution in [0.3, 0.4) is 0 Å². The largest absolute Gasteiger partial charge is 0.349 e. The van der Waals surface area contributed by atoms with Crippen molar-refractivity contribution in [3.05, 3.63) is 77.9 Å². The number of aryl methyl sites for hydroxylation is 1. The number of nitrogens with one attached hydrogen (secondary N) is 1. The summed E-state index contributed by atoms with van der Waals surface area (Å²) >= 11 is 0.